The van der Waals surface area contributed by atoms with Gasteiger partial charge in [0.15, 0.2) is 9.84 Å². The van der Waals surface area contributed by atoms with Crippen LogP contribution in [0.25, 0.3) is 21.9 Å². The lowest BCUT2D eigenvalue weighted by Crippen LogP contribution is -2.14. The lowest BCUT2D eigenvalue weighted by Gasteiger charge is -2.13. The average Bonchev–Trinajstić information content (AvgIpc) is 2.54. The van der Waals surface area contributed by atoms with Gasteiger partial charge in [-0.15, -0.1) is 0 Å². The molecule has 3 rings (SSSR count). The highest BCUT2D eigenvalue weighted by Gasteiger charge is 2.20. The van der Waals surface area contributed by atoms with Gasteiger partial charge in [-0.25, -0.2) is 8.42 Å². The third-order valence-corrected chi connectivity index (χ3v) is 4.68. The van der Waals surface area contributed by atoms with Gasteiger partial charge >= 0.3 is 0 Å². The Hall–Kier alpha value is -2.60. The van der Waals surface area contributed by atoms with Gasteiger partial charge in [0.05, 0.1) is 7.11 Å². The van der Waals surface area contributed by atoms with Gasteiger partial charge in [0.25, 0.3) is 5.56 Å². The van der Waals surface area contributed by atoms with E-state index < -0.39 is 15.4 Å². The summed E-state index contributed by atoms with van der Waals surface area (Å²) in [6.07, 6.45) is 1.08. The molecule has 0 aliphatic heterocycles. The molecule has 0 bridgehead atoms. The van der Waals surface area contributed by atoms with Crippen LogP contribution >= 0.6 is 0 Å². The first-order chi connectivity index (χ1) is 10.9. The van der Waals surface area contributed by atoms with E-state index in [4.69, 9.17) is 4.74 Å². The summed E-state index contributed by atoms with van der Waals surface area (Å²) in [6.45, 7) is 0. The Morgan fingerprint density at radius 3 is 2.30 bits per heavy atom. The zero-order chi connectivity index (χ0) is 16.6. The Labute approximate surface area is 133 Å². The minimum atomic E-state index is -3.61. The normalized spacial score (nSPS) is 11.6. The van der Waals surface area contributed by atoms with E-state index in [2.05, 4.69) is 4.98 Å². The van der Waals surface area contributed by atoms with Gasteiger partial charge in [0, 0.05) is 22.6 Å². The number of ether oxygens (including phenoxy) is 1. The van der Waals surface area contributed by atoms with E-state index >= 15 is 0 Å². The first-order valence-corrected chi connectivity index (χ1v) is 8.80. The van der Waals surface area contributed by atoms with Crippen molar-refractivity contribution in [1.29, 1.82) is 0 Å². The van der Waals surface area contributed by atoms with E-state index in [1.54, 1.807) is 30.3 Å². The van der Waals surface area contributed by atoms with E-state index in [0.717, 1.165) is 6.26 Å². The van der Waals surface area contributed by atoms with E-state index in [1.807, 2.05) is 18.2 Å². The maximum atomic E-state index is 12.3. The van der Waals surface area contributed by atoms with Gasteiger partial charge in [-0.1, -0.05) is 30.3 Å². The Kier molecular flexibility index (Phi) is 3.69. The maximum Gasteiger partial charge on any atom is 0.256 e. The fourth-order valence-corrected chi connectivity index (χ4v) is 3.46. The van der Waals surface area contributed by atoms with Crippen LogP contribution in [0.1, 0.15) is 0 Å². The van der Waals surface area contributed by atoms with Crippen molar-refractivity contribution in [2.24, 2.45) is 0 Å². The molecule has 0 radical (unpaired) electrons. The maximum absolute atomic E-state index is 12.3. The monoisotopic (exact) mass is 329 g/mol. The van der Waals surface area contributed by atoms with E-state index in [0.29, 0.717) is 27.6 Å². The molecule has 6 heteroatoms. The molecule has 1 heterocycles. The molecular formula is C17H15NO4S. The van der Waals surface area contributed by atoms with Gasteiger partial charge in [-0.05, 0) is 23.8 Å². The number of pyridine rings is 1. The second kappa shape index (κ2) is 5.55. The van der Waals surface area contributed by atoms with E-state index in [9.17, 15) is 13.2 Å². The first kappa shape index (κ1) is 15.3. The minimum absolute atomic E-state index is 0.0885. The topological polar surface area (TPSA) is 76.2 Å². The zero-order valence-corrected chi connectivity index (χ0v) is 13.5. The number of methoxy groups -OCH3 is 1. The summed E-state index contributed by atoms with van der Waals surface area (Å²) in [7, 11) is -2.09. The van der Waals surface area contributed by atoms with Crippen LogP contribution in [0.5, 0.6) is 5.75 Å². The highest BCUT2D eigenvalue weighted by molar-refractivity contribution is 7.90. The molecule has 3 aromatic rings. The molecule has 0 aliphatic carbocycles. The predicted molar refractivity (Wildman–Crippen MR) is 89.7 cm³/mol. The van der Waals surface area contributed by atoms with Crippen molar-refractivity contribution in [3.8, 4) is 16.9 Å². The quantitative estimate of drug-likeness (QED) is 0.801. The van der Waals surface area contributed by atoms with Crippen molar-refractivity contribution < 1.29 is 13.2 Å². The Balaban J connectivity index is 2.55. The van der Waals surface area contributed by atoms with Crippen LogP contribution in [-0.2, 0) is 9.84 Å². The van der Waals surface area contributed by atoms with Gasteiger partial charge in [0.1, 0.15) is 10.8 Å². The van der Waals surface area contributed by atoms with Crippen molar-refractivity contribution in [2.45, 2.75) is 5.03 Å². The molecule has 0 spiro atoms. The number of aromatic amines is 1. The smallest absolute Gasteiger partial charge is 0.256 e. The lowest BCUT2D eigenvalue weighted by atomic mass is 10.0. The molecule has 0 amide bonds. The van der Waals surface area contributed by atoms with Crippen molar-refractivity contribution in [3.05, 3.63) is 58.9 Å². The molecule has 0 saturated carbocycles. The number of aromatic nitrogens is 1. The van der Waals surface area contributed by atoms with Crippen LogP contribution < -0.4 is 10.3 Å². The fourth-order valence-electron chi connectivity index (χ4n) is 2.58. The van der Waals surface area contributed by atoms with E-state index in [1.165, 1.54) is 7.11 Å². The van der Waals surface area contributed by atoms with Gasteiger partial charge in [0.2, 0.25) is 0 Å². The van der Waals surface area contributed by atoms with Gasteiger partial charge in [-0.2, -0.15) is 0 Å². The number of rotatable bonds is 3. The minimum Gasteiger partial charge on any atom is -0.497 e. The molecular weight excluding hydrogens is 314 g/mol. The van der Waals surface area contributed by atoms with Crippen LogP contribution in [0.3, 0.4) is 0 Å². The van der Waals surface area contributed by atoms with Crippen molar-refractivity contribution in [1.82, 2.24) is 4.98 Å². The standard InChI is InChI=1S/C17H15NO4S/c1-22-12-8-9-13-14(10-12)15(11-6-4-3-5-7-11)17(18-16(13)19)23(2,20)21/h3-10H,1-2H3,(H,18,19). The van der Waals surface area contributed by atoms with Crippen molar-refractivity contribution in [2.75, 3.05) is 13.4 Å². The molecule has 0 fully saturated rings. The second-order valence-corrected chi connectivity index (χ2v) is 7.16. The van der Waals surface area contributed by atoms with Crippen molar-refractivity contribution >= 4 is 20.6 Å². The van der Waals surface area contributed by atoms with Crippen LogP contribution in [-0.4, -0.2) is 26.8 Å². The third-order valence-electron chi connectivity index (χ3n) is 3.63. The molecule has 1 aromatic heterocycles. The molecule has 0 saturated heterocycles. The molecule has 0 aliphatic rings. The Morgan fingerprint density at radius 2 is 1.70 bits per heavy atom. The number of H-pyrrole nitrogens is 1. The highest BCUT2D eigenvalue weighted by Crippen LogP contribution is 2.33. The number of hydrogen-bond donors (Lipinski definition) is 1. The summed E-state index contributed by atoms with van der Waals surface area (Å²) in [5.41, 5.74) is 0.742. The average molecular weight is 329 g/mol. The van der Waals surface area contributed by atoms with E-state index in [-0.39, 0.29) is 5.03 Å². The summed E-state index contributed by atoms with van der Waals surface area (Å²) < 4.78 is 29.6. The number of fused-ring (bicyclic) bond motifs is 1. The summed E-state index contributed by atoms with van der Waals surface area (Å²) in [6, 6.07) is 14.1. The number of benzene rings is 2. The first-order valence-electron chi connectivity index (χ1n) is 6.91. The van der Waals surface area contributed by atoms with Gasteiger partial charge in [-0.3, -0.25) is 4.79 Å². The fraction of sp³-hybridized carbons (Fsp3) is 0.118. The SMILES string of the molecule is COc1ccc2c(=O)[nH]c(S(C)(=O)=O)c(-c3ccccc3)c2c1. The molecule has 118 valence electrons. The highest BCUT2D eigenvalue weighted by atomic mass is 32.2. The summed E-state index contributed by atoms with van der Waals surface area (Å²) in [5, 5.41) is 0.867. The van der Waals surface area contributed by atoms with Crippen LogP contribution in [0, 0.1) is 0 Å². The van der Waals surface area contributed by atoms with Crippen LogP contribution in [0.15, 0.2) is 58.4 Å². The van der Waals surface area contributed by atoms with Gasteiger partial charge < -0.3 is 9.72 Å². The molecule has 0 unspecified atom stereocenters. The Morgan fingerprint density at radius 1 is 1.00 bits per heavy atom. The Bertz CT molecular complexity index is 1040. The second-order valence-electron chi connectivity index (χ2n) is 5.21. The number of hydrogen-bond acceptors (Lipinski definition) is 4. The molecule has 0 atom stereocenters. The molecule has 5 nitrogen and oxygen atoms in total. The largest absolute Gasteiger partial charge is 0.497 e. The van der Waals surface area contributed by atoms with Crippen LogP contribution in [0.2, 0.25) is 0 Å². The number of sulfone groups is 1. The summed E-state index contributed by atoms with van der Waals surface area (Å²) in [4.78, 5) is 14.8. The molecule has 1 N–H and O–H groups in total. The molecule has 2 aromatic carbocycles. The third kappa shape index (κ3) is 2.73. The van der Waals surface area contributed by atoms with Crippen LogP contribution in [0.4, 0.5) is 0 Å². The number of nitrogens with one attached hydrogen (secondary N) is 1. The summed E-state index contributed by atoms with van der Waals surface area (Å²) >= 11 is 0. The zero-order valence-electron chi connectivity index (χ0n) is 12.7. The molecule has 23 heavy (non-hydrogen) atoms. The summed E-state index contributed by atoms with van der Waals surface area (Å²) in [5.74, 6) is 0.555. The van der Waals surface area contributed by atoms with Crippen molar-refractivity contribution in [3.63, 3.8) is 0 Å². The lowest BCUT2D eigenvalue weighted by molar-refractivity contribution is 0.415. The predicted octanol–water partition coefficient (Wildman–Crippen LogP) is 2.61.